The van der Waals surface area contributed by atoms with E-state index in [-0.39, 0.29) is 0 Å². The SMILES string of the molecule is CC=CCC(CCCCC)=C(C)C. The minimum Gasteiger partial charge on any atom is -0.0913 e. The molecule has 0 nitrogen and oxygen atoms in total. The molecule has 0 saturated carbocycles. The van der Waals surface area contributed by atoms with Crippen molar-refractivity contribution in [2.24, 2.45) is 0 Å². The van der Waals surface area contributed by atoms with Crippen LogP contribution in [-0.4, -0.2) is 0 Å². The molecule has 0 heteroatoms. The van der Waals surface area contributed by atoms with Crippen LogP contribution in [0, 0.1) is 0 Å². The summed E-state index contributed by atoms with van der Waals surface area (Å²) in [5.41, 5.74) is 3.14. The Hall–Kier alpha value is -0.520. The van der Waals surface area contributed by atoms with Crippen molar-refractivity contribution in [3.05, 3.63) is 23.3 Å². The minimum absolute atomic E-state index is 1.16. The van der Waals surface area contributed by atoms with Crippen molar-refractivity contribution < 1.29 is 0 Å². The highest BCUT2D eigenvalue weighted by atomic mass is 14.0. The van der Waals surface area contributed by atoms with Gasteiger partial charge in [-0.05, 0) is 40.0 Å². The summed E-state index contributed by atoms with van der Waals surface area (Å²) < 4.78 is 0. The molecule has 0 bridgehead atoms. The Balaban J connectivity index is 3.90. The molecular weight excluding hydrogens is 156 g/mol. The van der Waals surface area contributed by atoms with Crippen LogP contribution in [0.3, 0.4) is 0 Å². The molecule has 0 spiro atoms. The topological polar surface area (TPSA) is 0 Å². The molecule has 0 aromatic heterocycles. The van der Waals surface area contributed by atoms with Crippen LogP contribution in [0.2, 0.25) is 0 Å². The van der Waals surface area contributed by atoms with E-state index in [1.54, 1.807) is 5.57 Å². The van der Waals surface area contributed by atoms with Crippen LogP contribution in [0.15, 0.2) is 23.3 Å². The maximum absolute atomic E-state index is 2.26. The summed E-state index contributed by atoms with van der Waals surface area (Å²) in [5.74, 6) is 0. The first-order valence-corrected chi connectivity index (χ1v) is 5.48. The van der Waals surface area contributed by atoms with Gasteiger partial charge in [0.25, 0.3) is 0 Å². The first-order valence-electron chi connectivity index (χ1n) is 5.48. The Morgan fingerprint density at radius 1 is 1.15 bits per heavy atom. The van der Waals surface area contributed by atoms with Crippen molar-refractivity contribution in [1.29, 1.82) is 0 Å². The second-order valence-electron chi connectivity index (χ2n) is 3.83. The van der Waals surface area contributed by atoms with Gasteiger partial charge in [-0.15, -0.1) is 0 Å². The molecule has 76 valence electrons. The molecule has 0 aliphatic heterocycles. The minimum atomic E-state index is 1.16. The maximum atomic E-state index is 2.26. The number of unbranched alkanes of at least 4 members (excludes halogenated alkanes) is 2. The standard InChI is InChI=1S/C13H24/c1-5-7-9-11-13(12(3)4)10-8-6-2/h6,8H,5,7,9-11H2,1-4H3. The van der Waals surface area contributed by atoms with Crippen LogP contribution in [0.25, 0.3) is 0 Å². The highest BCUT2D eigenvalue weighted by molar-refractivity contribution is 5.13. The van der Waals surface area contributed by atoms with Gasteiger partial charge in [0.2, 0.25) is 0 Å². The molecule has 0 saturated heterocycles. The molecule has 0 aromatic carbocycles. The van der Waals surface area contributed by atoms with Crippen LogP contribution < -0.4 is 0 Å². The monoisotopic (exact) mass is 180 g/mol. The van der Waals surface area contributed by atoms with Crippen LogP contribution in [0.4, 0.5) is 0 Å². The van der Waals surface area contributed by atoms with Gasteiger partial charge in [-0.2, -0.15) is 0 Å². The van der Waals surface area contributed by atoms with Gasteiger partial charge in [0.15, 0.2) is 0 Å². The lowest BCUT2D eigenvalue weighted by Gasteiger charge is -2.06. The van der Waals surface area contributed by atoms with Crippen molar-refractivity contribution in [3.8, 4) is 0 Å². The van der Waals surface area contributed by atoms with Crippen LogP contribution >= 0.6 is 0 Å². The predicted molar refractivity (Wildman–Crippen MR) is 61.9 cm³/mol. The first-order chi connectivity index (χ1) is 6.22. The fourth-order valence-electron chi connectivity index (χ4n) is 1.40. The van der Waals surface area contributed by atoms with Gasteiger partial charge >= 0.3 is 0 Å². The van der Waals surface area contributed by atoms with E-state index in [4.69, 9.17) is 0 Å². The molecule has 0 radical (unpaired) electrons. The van der Waals surface area contributed by atoms with Crippen LogP contribution in [0.1, 0.15) is 59.8 Å². The molecule has 0 unspecified atom stereocenters. The first kappa shape index (κ1) is 12.5. The molecule has 0 N–H and O–H groups in total. The summed E-state index contributed by atoms with van der Waals surface area (Å²) >= 11 is 0. The summed E-state index contributed by atoms with van der Waals surface area (Å²) in [6.45, 7) is 8.80. The van der Waals surface area contributed by atoms with Crippen molar-refractivity contribution >= 4 is 0 Å². The van der Waals surface area contributed by atoms with Gasteiger partial charge < -0.3 is 0 Å². The van der Waals surface area contributed by atoms with Gasteiger partial charge in [-0.1, -0.05) is 43.1 Å². The van der Waals surface area contributed by atoms with Gasteiger partial charge in [0.05, 0.1) is 0 Å². The van der Waals surface area contributed by atoms with Crippen molar-refractivity contribution in [2.75, 3.05) is 0 Å². The summed E-state index contributed by atoms with van der Waals surface area (Å²) in [7, 11) is 0. The normalized spacial score (nSPS) is 10.8. The molecular formula is C13H24. The molecule has 0 aliphatic carbocycles. The van der Waals surface area contributed by atoms with Gasteiger partial charge in [-0.25, -0.2) is 0 Å². The lowest BCUT2D eigenvalue weighted by molar-refractivity contribution is 0.702. The number of allylic oxidation sites excluding steroid dienone is 4. The van der Waals surface area contributed by atoms with Crippen molar-refractivity contribution in [1.82, 2.24) is 0 Å². The van der Waals surface area contributed by atoms with E-state index in [1.807, 2.05) is 0 Å². The van der Waals surface area contributed by atoms with Gasteiger partial charge in [0.1, 0.15) is 0 Å². The molecule has 13 heavy (non-hydrogen) atoms. The number of hydrogen-bond acceptors (Lipinski definition) is 0. The van der Waals surface area contributed by atoms with Crippen LogP contribution in [0.5, 0.6) is 0 Å². The average molecular weight is 180 g/mol. The van der Waals surface area contributed by atoms with E-state index in [1.165, 1.54) is 31.3 Å². The Labute approximate surface area is 83.7 Å². The lowest BCUT2D eigenvalue weighted by Crippen LogP contribution is -1.86. The highest BCUT2D eigenvalue weighted by Crippen LogP contribution is 2.17. The molecule has 0 heterocycles. The Morgan fingerprint density at radius 3 is 2.31 bits per heavy atom. The summed E-state index contributed by atoms with van der Waals surface area (Å²) in [5, 5.41) is 0. The molecule has 0 rings (SSSR count). The third-order valence-corrected chi connectivity index (χ3v) is 2.39. The molecule has 0 aliphatic rings. The summed E-state index contributed by atoms with van der Waals surface area (Å²) in [6.07, 6.45) is 10.9. The summed E-state index contributed by atoms with van der Waals surface area (Å²) in [6, 6.07) is 0. The van der Waals surface area contributed by atoms with Crippen molar-refractivity contribution in [2.45, 2.75) is 59.8 Å². The quantitative estimate of drug-likeness (QED) is 0.404. The second kappa shape index (κ2) is 8.10. The largest absolute Gasteiger partial charge is 0.0913 e. The zero-order valence-corrected chi connectivity index (χ0v) is 9.69. The van der Waals surface area contributed by atoms with E-state index in [9.17, 15) is 0 Å². The van der Waals surface area contributed by atoms with E-state index in [0.717, 1.165) is 6.42 Å². The lowest BCUT2D eigenvalue weighted by atomic mass is 10.0. The average Bonchev–Trinajstić information content (AvgIpc) is 2.10. The van der Waals surface area contributed by atoms with Crippen molar-refractivity contribution in [3.63, 3.8) is 0 Å². The summed E-state index contributed by atoms with van der Waals surface area (Å²) in [4.78, 5) is 0. The Kier molecular flexibility index (Phi) is 7.77. The molecule has 0 fully saturated rings. The van der Waals surface area contributed by atoms with E-state index >= 15 is 0 Å². The van der Waals surface area contributed by atoms with Gasteiger partial charge in [0, 0.05) is 0 Å². The molecule has 0 atom stereocenters. The zero-order chi connectivity index (χ0) is 10.1. The predicted octanol–water partition coefficient (Wildman–Crippen LogP) is 4.87. The smallest absolute Gasteiger partial charge is 0.0136 e. The zero-order valence-electron chi connectivity index (χ0n) is 9.69. The number of hydrogen-bond donors (Lipinski definition) is 0. The Morgan fingerprint density at radius 2 is 1.85 bits per heavy atom. The molecule has 0 amide bonds. The second-order valence-corrected chi connectivity index (χ2v) is 3.83. The maximum Gasteiger partial charge on any atom is -0.0136 e. The van der Waals surface area contributed by atoms with Gasteiger partial charge in [-0.3, -0.25) is 0 Å². The van der Waals surface area contributed by atoms with Crippen LogP contribution in [-0.2, 0) is 0 Å². The van der Waals surface area contributed by atoms with E-state index < -0.39 is 0 Å². The Bertz CT molecular complexity index is 168. The third-order valence-electron chi connectivity index (χ3n) is 2.39. The molecule has 0 aromatic rings. The number of rotatable bonds is 6. The van der Waals surface area contributed by atoms with E-state index in [2.05, 4.69) is 39.8 Å². The highest BCUT2D eigenvalue weighted by Gasteiger charge is 1.97. The fraction of sp³-hybridized carbons (Fsp3) is 0.692. The third kappa shape index (κ3) is 6.62. The van der Waals surface area contributed by atoms with E-state index in [0.29, 0.717) is 0 Å². The fourth-order valence-corrected chi connectivity index (χ4v) is 1.40.